The fourth-order valence-electron chi connectivity index (χ4n) is 3.68. The molecule has 0 aromatic heterocycles. The lowest BCUT2D eigenvalue weighted by atomic mass is 10.0. The molecule has 0 unspecified atom stereocenters. The highest BCUT2D eigenvalue weighted by Crippen LogP contribution is 2.41. The van der Waals surface area contributed by atoms with Crippen LogP contribution in [0.15, 0.2) is 103 Å². The first-order valence-corrected chi connectivity index (χ1v) is 8.88. The van der Waals surface area contributed by atoms with E-state index in [1.54, 1.807) is 0 Å². The Morgan fingerprint density at radius 2 is 1.04 bits per heavy atom. The molecule has 26 heavy (non-hydrogen) atoms. The summed E-state index contributed by atoms with van der Waals surface area (Å²) in [6.07, 6.45) is 0. The van der Waals surface area contributed by atoms with Crippen molar-refractivity contribution < 1.29 is 5.32 Å². The maximum atomic E-state index is 2.31. The monoisotopic (exact) mass is 335 g/mol. The number of hydrogen-bond donors (Lipinski definition) is 1. The van der Waals surface area contributed by atoms with Crippen molar-refractivity contribution in [3.8, 4) is 11.1 Å². The predicted molar refractivity (Wildman–Crippen MR) is 108 cm³/mol. The van der Waals surface area contributed by atoms with Gasteiger partial charge in [0.25, 0.3) is 0 Å². The van der Waals surface area contributed by atoms with Crippen molar-refractivity contribution in [2.45, 2.75) is 0 Å². The Balaban J connectivity index is 1.68. The molecule has 0 aliphatic carbocycles. The number of hydrogen-bond acceptors (Lipinski definition) is 1. The van der Waals surface area contributed by atoms with Crippen LogP contribution >= 0.6 is 0 Å². The van der Waals surface area contributed by atoms with Crippen LogP contribution in [0.1, 0.15) is 0 Å². The third-order valence-electron chi connectivity index (χ3n) is 4.89. The summed E-state index contributed by atoms with van der Waals surface area (Å²) in [6, 6.07) is 36.4. The summed E-state index contributed by atoms with van der Waals surface area (Å²) >= 11 is 0. The molecule has 0 saturated heterocycles. The van der Waals surface area contributed by atoms with Crippen molar-refractivity contribution in [1.82, 2.24) is 0 Å². The van der Waals surface area contributed by atoms with Gasteiger partial charge in [-0.15, -0.1) is 0 Å². The van der Waals surface area contributed by atoms with E-state index in [1.165, 1.54) is 28.2 Å². The molecule has 4 aromatic carbocycles. The number of fused-ring (bicyclic) bond motifs is 3. The summed E-state index contributed by atoms with van der Waals surface area (Å²) in [5.74, 6) is 0. The average molecular weight is 335 g/mol. The lowest BCUT2D eigenvalue weighted by molar-refractivity contribution is -0.473. The Morgan fingerprint density at radius 1 is 0.462 bits per heavy atom. The van der Waals surface area contributed by atoms with E-state index < -0.39 is 0 Å². The Labute approximate surface area is 153 Å². The maximum Gasteiger partial charge on any atom is 0.142 e. The molecule has 1 aliphatic rings. The maximum absolute atomic E-state index is 2.31. The predicted octanol–water partition coefficient (Wildman–Crippen LogP) is 5.66. The van der Waals surface area contributed by atoms with E-state index in [4.69, 9.17) is 0 Å². The van der Waals surface area contributed by atoms with Gasteiger partial charge in [0, 0.05) is 34.8 Å². The largest absolute Gasteiger partial charge is 0.310 e. The Hall–Kier alpha value is -3.36. The van der Waals surface area contributed by atoms with Gasteiger partial charge < -0.3 is 4.90 Å². The zero-order valence-corrected chi connectivity index (χ0v) is 14.3. The minimum atomic E-state index is 1.16. The van der Waals surface area contributed by atoms with E-state index in [0.29, 0.717) is 0 Å². The number of rotatable bonds is 3. The molecule has 0 spiro atoms. The van der Waals surface area contributed by atoms with Crippen molar-refractivity contribution >= 4 is 28.4 Å². The minimum absolute atomic E-state index is 1.16. The molecule has 124 valence electrons. The van der Waals surface area contributed by atoms with Crippen molar-refractivity contribution in [3.63, 3.8) is 0 Å². The van der Waals surface area contributed by atoms with Crippen LogP contribution < -0.4 is 10.2 Å². The zero-order valence-electron chi connectivity index (χ0n) is 14.3. The standard InChI is InChI=1S/C24H18N2/c1-3-9-18(10-4-1)26(19-11-5-2-6-12-19)20-15-16-24-22(17-20)21-13-7-8-14-23(21)25-24/h1-17,25H/p+1. The Morgan fingerprint density at radius 3 is 1.73 bits per heavy atom. The molecule has 0 saturated carbocycles. The molecule has 4 aromatic rings. The van der Waals surface area contributed by atoms with Crippen LogP contribution in [0.3, 0.4) is 0 Å². The number of quaternary nitrogens is 1. The lowest BCUT2D eigenvalue weighted by Crippen LogP contribution is -2.69. The quantitative estimate of drug-likeness (QED) is 0.422. The molecule has 1 aliphatic heterocycles. The number of benzene rings is 4. The van der Waals surface area contributed by atoms with Crippen LogP contribution in [0.2, 0.25) is 0 Å². The van der Waals surface area contributed by atoms with Gasteiger partial charge in [-0.3, -0.25) is 5.32 Å². The number of nitrogens with zero attached hydrogens (tertiary/aromatic N) is 1. The van der Waals surface area contributed by atoms with Gasteiger partial charge >= 0.3 is 0 Å². The molecule has 0 fully saturated rings. The Kier molecular flexibility index (Phi) is 3.55. The number of anilines is 3. The SMILES string of the molecule is c1ccc(N(c2ccccc2)c2ccc3c(c2)-c2ccccc2[NH2+]3)cc1. The van der Waals surface area contributed by atoms with Crippen LogP contribution in [0, 0.1) is 0 Å². The molecule has 2 nitrogen and oxygen atoms in total. The summed E-state index contributed by atoms with van der Waals surface area (Å²) in [4.78, 5) is 2.31. The minimum Gasteiger partial charge on any atom is -0.310 e. The average Bonchev–Trinajstić information content (AvgIpc) is 3.08. The van der Waals surface area contributed by atoms with Crippen LogP contribution in [0.5, 0.6) is 0 Å². The molecule has 0 atom stereocenters. The summed E-state index contributed by atoms with van der Waals surface area (Å²) < 4.78 is 0. The highest BCUT2D eigenvalue weighted by molar-refractivity contribution is 5.89. The van der Waals surface area contributed by atoms with Crippen molar-refractivity contribution in [3.05, 3.63) is 103 Å². The third kappa shape index (κ3) is 2.48. The van der Waals surface area contributed by atoms with Crippen LogP contribution in [0.4, 0.5) is 28.4 Å². The second-order valence-corrected chi connectivity index (χ2v) is 6.51. The first-order chi connectivity index (χ1) is 12.9. The first kappa shape index (κ1) is 14.9. The summed E-state index contributed by atoms with van der Waals surface area (Å²) in [5.41, 5.74) is 8.69. The Bertz CT molecular complexity index is 1020. The molecule has 0 radical (unpaired) electrons. The van der Waals surface area contributed by atoms with Gasteiger partial charge in [0.1, 0.15) is 11.4 Å². The highest BCUT2D eigenvalue weighted by atomic mass is 15.1. The summed E-state index contributed by atoms with van der Waals surface area (Å²) in [7, 11) is 0. The molecule has 1 heterocycles. The van der Waals surface area contributed by atoms with Gasteiger partial charge in [0.2, 0.25) is 0 Å². The van der Waals surface area contributed by atoms with Gasteiger partial charge in [-0.1, -0.05) is 48.5 Å². The fourth-order valence-corrected chi connectivity index (χ4v) is 3.68. The molecule has 2 N–H and O–H groups in total. The fraction of sp³-hybridized carbons (Fsp3) is 0. The van der Waals surface area contributed by atoms with Crippen molar-refractivity contribution in [2.24, 2.45) is 0 Å². The van der Waals surface area contributed by atoms with Crippen LogP contribution in [-0.4, -0.2) is 0 Å². The zero-order chi connectivity index (χ0) is 17.3. The molecular weight excluding hydrogens is 316 g/mol. The molecule has 0 bridgehead atoms. The molecule has 0 amide bonds. The number of nitrogens with two attached hydrogens (primary N) is 1. The van der Waals surface area contributed by atoms with E-state index in [1.807, 2.05) is 0 Å². The summed E-state index contributed by atoms with van der Waals surface area (Å²) in [5, 5.41) is 2.27. The van der Waals surface area contributed by atoms with E-state index in [0.717, 1.165) is 11.4 Å². The lowest BCUT2D eigenvalue weighted by Gasteiger charge is -2.25. The normalized spacial score (nSPS) is 11.7. The molecule has 2 heteroatoms. The van der Waals surface area contributed by atoms with E-state index in [-0.39, 0.29) is 0 Å². The van der Waals surface area contributed by atoms with Crippen LogP contribution in [0.25, 0.3) is 11.1 Å². The highest BCUT2D eigenvalue weighted by Gasteiger charge is 2.24. The van der Waals surface area contributed by atoms with Gasteiger partial charge in [-0.2, -0.15) is 0 Å². The van der Waals surface area contributed by atoms with Gasteiger partial charge in [0.15, 0.2) is 0 Å². The molecular formula is C24H19N2+. The number of para-hydroxylation sites is 3. The van der Waals surface area contributed by atoms with Gasteiger partial charge in [-0.25, -0.2) is 0 Å². The summed E-state index contributed by atoms with van der Waals surface area (Å²) in [6.45, 7) is 0. The van der Waals surface area contributed by atoms with Crippen molar-refractivity contribution in [2.75, 3.05) is 4.90 Å². The van der Waals surface area contributed by atoms with E-state index in [2.05, 4.69) is 113 Å². The smallest absolute Gasteiger partial charge is 0.142 e. The second-order valence-electron chi connectivity index (χ2n) is 6.51. The third-order valence-corrected chi connectivity index (χ3v) is 4.89. The van der Waals surface area contributed by atoms with Crippen LogP contribution in [-0.2, 0) is 0 Å². The van der Waals surface area contributed by atoms with Gasteiger partial charge in [-0.05, 0) is 42.5 Å². The molecule has 5 rings (SSSR count). The van der Waals surface area contributed by atoms with Crippen molar-refractivity contribution in [1.29, 1.82) is 0 Å². The first-order valence-electron chi connectivity index (χ1n) is 8.88. The topological polar surface area (TPSA) is 19.9 Å². The second kappa shape index (κ2) is 6.17. The van der Waals surface area contributed by atoms with E-state index >= 15 is 0 Å². The van der Waals surface area contributed by atoms with Gasteiger partial charge in [0.05, 0.1) is 5.56 Å². The van der Waals surface area contributed by atoms with E-state index in [9.17, 15) is 0 Å².